The summed E-state index contributed by atoms with van der Waals surface area (Å²) in [6.07, 6.45) is 0. The highest BCUT2D eigenvalue weighted by Gasteiger charge is 2.41. The van der Waals surface area contributed by atoms with Crippen molar-refractivity contribution < 1.29 is 14.0 Å². The Morgan fingerprint density at radius 1 is 1.00 bits per heavy atom. The van der Waals surface area contributed by atoms with Gasteiger partial charge in [0.25, 0.3) is 5.91 Å². The Kier molecular flexibility index (Phi) is 3.82. The van der Waals surface area contributed by atoms with Gasteiger partial charge in [0.2, 0.25) is 0 Å². The predicted molar refractivity (Wildman–Crippen MR) is 94.9 cm³/mol. The summed E-state index contributed by atoms with van der Waals surface area (Å²) < 4.78 is 14.0. The number of anilines is 1. The maximum absolute atomic E-state index is 14.0. The van der Waals surface area contributed by atoms with Crippen molar-refractivity contribution in [3.63, 3.8) is 0 Å². The van der Waals surface area contributed by atoms with E-state index in [2.05, 4.69) is 5.32 Å². The van der Waals surface area contributed by atoms with Crippen LogP contribution in [0.4, 0.5) is 14.9 Å². The molecule has 2 heterocycles. The van der Waals surface area contributed by atoms with Crippen molar-refractivity contribution in [2.75, 3.05) is 4.90 Å². The number of nitrogens with zero attached hydrogens (tertiary/aromatic N) is 1. The number of thiophene rings is 1. The van der Waals surface area contributed by atoms with Gasteiger partial charge in [-0.25, -0.2) is 14.1 Å². The van der Waals surface area contributed by atoms with E-state index >= 15 is 0 Å². The first-order valence-electron chi connectivity index (χ1n) is 7.68. The third-order valence-corrected chi connectivity index (χ3v) is 4.98. The fourth-order valence-electron chi connectivity index (χ4n) is 2.88. The van der Waals surface area contributed by atoms with Crippen molar-refractivity contribution in [3.8, 4) is 10.4 Å². The molecule has 1 atom stereocenters. The van der Waals surface area contributed by atoms with Crippen LogP contribution in [0.1, 0.15) is 11.6 Å². The molecule has 1 saturated heterocycles. The van der Waals surface area contributed by atoms with E-state index < -0.39 is 23.8 Å². The zero-order chi connectivity index (χ0) is 17.4. The lowest BCUT2D eigenvalue weighted by molar-refractivity contribution is -0.118. The summed E-state index contributed by atoms with van der Waals surface area (Å²) in [4.78, 5) is 27.2. The molecule has 2 aromatic carbocycles. The molecule has 1 N–H and O–H groups in total. The van der Waals surface area contributed by atoms with Gasteiger partial charge in [0, 0.05) is 10.4 Å². The molecule has 0 saturated carbocycles. The molecular formula is C19H13FN2O2S. The van der Waals surface area contributed by atoms with Gasteiger partial charge >= 0.3 is 6.03 Å². The van der Waals surface area contributed by atoms with E-state index in [-0.39, 0.29) is 5.56 Å². The van der Waals surface area contributed by atoms with Gasteiger partial charge in [-0.05, 0) is 35.2 Å². The summed E-state index contributed by atoms with van der Waals surface area (Å²) in [7, 11) is 0. The van der Waals surface area contributed by atoms with Crippen LogP contribution in [0.3, 0.4) is 0 Å². The van der Waals surface area contributed by atoms with Gasteiger partial charge in [-0.1, -0.05) is 36.4 Å². The minimum atomic E-state index is -1.01. The van der Waals surface area contributed by atoms with E-state index in [0.29, 0.717) is 5.69 Å². The number of benzene rings is 2. The molecular weight excluding hydrogens is 339 g/mol. The van der Waals surface area contributed by atoms with E-state index in [0.717, 1.165) is 15.3 Å². The number of amides is 3. The standard InChI is InChI=1S/C19H13FN2O2S/c20-15-8-2-1-7-14(15)17-18(23)22(19(24)21-17)13-6-3-5-12(11-13)16-9-4-10-25-16/h1-11,17H,(H,21,24). The van der Waals surface area contributed by atoms with Crippen molar-refractivity contribution in [1.29, 1.82) is 0 Å². The van der Waals surface area contributed by atoms with Crippen LogP contribution in [0.15, 0.2) is 66.0 Å². The van der Waals surface area contributed by atoms with E-state index in [4.69, 9.17) is 0 Å². The van der Waals surface area contributed by atoms with Crippen LogP contribution in [-0.4, -0.2) is 11.9 Å². The zero-order valence-corrected chi connectivity index (χ0v) is 13.8. The molecule has 1 aliphatic rings. The van der Waals surface area contributed by atoms with Crippen molar-refractivity contribution in [3.05, 3.63) is 77.4 Å². The van der Waals surface area contributed by atoms with E-state index in [9.17, 15) is 14.0 Å². The maximum atomic E-state index is 14.0. The van der Waals surface area contributed by atoms with E-state index in [1.807, 2.05) is 23.6 Å². The monoisotopic (exact) mass is 352 g/mol. The number of imide groups is 1. The van der Waals surface area contributed by atoms with Crippen LogP contribution >= 0.6 is 11.3 Å². The molecule has 1 aromatic heterocycles. The summed E-state index contributed by atoms with van der Waals surface area (Å²) in [6, 6.07) is 15.5. The average Bonchev–Trinajstić information content (AvgIpc) is 3.24. The third kappa shape index (κ3) is 2.70. The SMILES string of the molecule is O=C1NC(c2ccccc2F)C(=O)N1c1cccc(-c2cccs2)c1. The third-order valence-electron chi connectivity index (χ3n) is 4.06. The second-order valence-electron chi connectivity index (χ2n) is 5.61. The number of halogens is 1. The Balaban J connectivity index is 1.70. The summed E-state index contributed by atoms with van der Waals surface area (Å²) in [5.74, 6) is -1.01. The lowest BCUT2D eigenvalue weighted by atomic mass is 10.1. The van der Waals surface area contributed by atoms with Crippen LogP contribution in [0.2, 0.25) is 0 Å². The molecule has 4 rings (SSSR count). The molecule has 0 aliphatic carbocycles. The highest BCUT2D eigenvalue weighted by Crippen LogP contribution is 2.32. The molecule has 3 aromatic rings. The van der Waals surface area contributed by atoms with Crippen LogP contribution in [-0.2, 0) is 4.79 Å². The molecule has 124 valence electrons. The lowest BCUT2D eigenvalue weighted by Gasteiger charge is -2.14. The predicted octanol–water partition coefficient (Wildman–Crippen LogP) is 4.35. The molecule has 25 heavy (non-hydrogen) atoms. The number of carbonyl (C=O) groups excluding carboxylic acids is 2. The minimum absolute atomic E-state index is 0.165. The molecule has 0 spiro atoms. The van der Waals surface area contributed by atoms with Crippen molar-refractivity contribution in [1.82, 2.24) is 5.32 Å². The maximum Gasteiger partial charge on any atom is 0.329 e. The first kappa shape index (κ1) is 15.5. The zero-order valence-electron chi connectivity index (χ0n) is 13.0. The van der Waals surface area contributed by atoms with Gasteiger partial charge in [0.05, 0.1) is 5.69 Å². The van der Waals surface area contributed by atoms with Crippen LogP contribution in [0, 0.1) is 5.82 Å². The largest absolute Gasteiger partial charge is 0.329 e. The highest BCUT2D eigenvalue weighted by molar-refractivity contribution is 7.13. The molecule has 1 aliphatic heterocycles. The second kappa shape index (κ2) is 6.14. The van der Waals surface area contributed by atoms with Gasteiger partial charge in [0.1, 0.15) is 11.9 Å². The van der Waals surface area contributed by atoms with E-state index in [1.54, 1.807) is 41.7 Å². The van der Waals surface area contributed by atoms with Crippen molar-refractivity contribution in [2.24, 2.45) is 0 Å². The van der Waals surface area contributed by atoms with Gasteiger partial charge in [-0.15, -0.1) is 11.3 Å². The van der Waals surface area contributed by atoms with Gasteiger partial charge < -0.3 is 5.32 Å². The summed E-state index contributed by atoms with van der Waals surface area (Å²) in [5, 5.41) is 4.53. The molecule has 0 radical (unpaired) electrons. The Bertz CT molecular complexity index is 956. The molecule has 0 bridgehead atoms. The Morgan fingerprint density at radius 2 is 1.84 bits per heavy atom. The Labute approximate surface area is 147 Å². The first-order chi connectivity index (χ1) is 12.1. The molecule has 4 nitrogen and oxygen atoms in total. The smallest absolute Gasteiger partial charge is 0.321 e. The van der Waals surface area contributed by atoms with Crippen molar-refractivity contribution in [2.45, 2.75) is 6.04 Å². The van der Waals surface area contributed by atoms with Crippen LogP contribution < -0.4 is 10.2 Å². The minimum Gasteiger partial charge on any atom is -0.321 e. The number of hydrogen-bond acceptors (Lipinski definition) is 3. The molecule has 1 unspecified atom stereocenters. The second-order valence-corrected chi connectivity index (χ2v) is 6.55. The fourth-order valence-corrected chi connectivity index (χ4v) is 3.61. The number of nitrogens with one attached hydrogen (secondary N) is 1. The van der Waals surface area contributed by atoms with E-state index in [1.165, 1.54) is 12.1 Å². The molecule has 1 fully saturated rings. The number of hydrogen-bond donors (Lipinski definition) is 1. The van der Waals surface area contributed by atoms with Crippen LogP contribution in [0.5, 0.6) is 0 Å². The highest BCUT2D eigenvalue weighted by atomic mass is 32.1. The number of urea groups is 1. The van der Waals surface area contributed by atoms with Gasteiger partial charge in [-0.2, -0.15) is 0 Å². The molecule has 6 heteroatoms. The lowest BCUT2D eigenvalue weighted by Crippen LogP contribution is -2.30. The molecule has 3 amide bonds. The Hall–Kier alpha value is -2.99. The van der Waals surface area contributed by atoms with Crippen molar-refractivity contribution >= 4 is 29.0 Å². The normalized spacial score (nSPS) is 17.0. The summed E-state index contributed by atoms with van der Waals surface area (Å²) >= 11 is 1.57. The topological polar surface area (TPSA) is 49.4 Å². The fraction of sp³-hybridized carbons (Fsp3) is 0.0526. The van der Waals surface area contributed by atoms with Gasteiger partial charge in [-0.3, -0.25) is 4.79 Å². The quantitative estimate of drug-likeness (QED) is 0.713. The summed E-state index contributed by atoms with van der Waals surface area (Å²) in [5.41, 5.74) is 1.55. The number of rotatable bonds is 3. The summed E-state index contributed by atoms with van der Waals surface area (Å²) in [6.45, 7) is 0. The van der Waals surface area contributed by atoms with Crippen LogP contribution in [0.25, 0.3) is 10.4 Å². The average molecular weight is 352 g/mol. The Morgan fingerprint density at radius 3 is 2.60 bits per heavy atom. The van der Waals surface area contributed by atoms with Gasteiger partial charge in [0.15, 0.2) is 0 Å². The first-order valence-corrected chi connectivity index (χ1v) is 8.56. The number of carbonyl (C=O) groups is 2.